The van der Waals surface area contributed by atoms with Gasteiger partial charge in [0.05, 0.1) is 7.11 Å². The Labute approximate surface area is 153 Å². The van der Waals surface area contributed by atoms with Gasteiger partial charge in [-0.1, -0.05) is 36.4 Å². The summed E-state index contributed by atoms with van der Waals surface area (Å²) in [6.45, 7) is 4.08. The second kappa shape index (κ2) is 9.28. The predicted molar refractivity (Wildman–Crippen MR) is 101 cm³/mol. The van der Waals surface area contributed by atoms with Crippen molar-refractivity contribution in [3.63, 3.8) is 0 Å². The van der Waals surface area contributed by atoms with Gasteiger partial charge in [-0.3, -0.25) is 4.79 Å². The van der Waals surface area contributed by atoms with Crippen LogP contribution in [-0.4, -0.2) is 19.1 Å². The number of carbonyl (C=O) groups excluding carboxylic acids is 1. The number of amides is 1. The maximum absolute atomic E-state index is 12.0. The van der Waals surface area contributed by atoms with E-state index in [0.29, 0.717) is 23.7 Å². The summed E-state index contributed by atoms with van der Waals surface area (Å²) in [5, 5.41) is 12.0. The summed E-state index contributed by atoms with van der Waals surface area (Å²) in [5.74, 6) is 0.736. The van der Waals surface area contributed by atoms with Crippen LogP contribution in [0.4, 0.5) is 0 Å². The molecule has 26 heavy (non-hydrogen) atoms. The molecule has 0 saturated heterocycles. The van der Waals surface area contributed by atoms with E-state index in [2.05, 4.69) is 5.32 Å². The van der Waals surface area contributed by atoms with Crippen molar-refractivity contribution in [1.29, 1.82) is 5.26 Å². The van der Waals surface area contributed by atoms with E-state index in [-0.39, 0.29) is 11.6 Å². The van der Waals surface area contributed by atoms with Crippen molar-refractivity contribution in [2.24, 2.45) is 0 Å². The highest BCUT2D eigenvalue weighted by atomic mass is 16.5. The van der Waals surface area contributed by atoms with E-state index in [9.17, 15) is 10.1 Å². The minimum absolute atomic E-state index is 0.0397. The number of nitriles is 1. The highest BCUT2D eigenvalue weighted by Crippen LogP contribution is 2.29. The summed E-state index contributed by atoms with van der Waals surface area (Å²) in [5.41, 5.74) is 1.76. The molecule has 2 aromatic rings. The van der Waals surface area contributed by atoms with E-state index in [4.69, 9.17) is 9.47 Å². The molecular formula is C21H22N2O3. The Hall–Kier alpha value is -3.26. The lowest BCUT2D eigenvalue weighted by molar-refractivity contribution is -0.117. The molecule has 0 aliphatic rings. The van der Waals surface area contributed by atoms with Crippen LogP contribution in [0.2, 0.25) is 0 Å². The standard InChI is InChI=1S/C21H22N2O3/c1-15(2)23-21(24)18(13-22)11-17-9-10-19(25-3)20(12-17)26-14-16-7-5-4-6-8-16/h4-12,15H,14H2,1-3H3,(H,23,24)/b18-11+. The van der Waals surface area contributed by atoms with Crippen LogP contribution < -0.4 is 14.8 Å². The number of rotatable bonds is 7. The smallest absolute Gasteiger partial charge is 0.262 e. The maximum atomic E-state index is 12.0. The molecule has 1 N–H and O–H groups in total. The minimum Gasteiger partial charge on any atom is -0.493 e. The highest BCUT2D eigenvalue weighted by molar-refractivity contribution is 6.01. The molecule has 5 nitrogen and oxygen atoms in total. The summed E-state index contributed by atoms with van der Waals surface area (Å²) in [6.07, 6.45) is 1.53. The molecule has 0 unspecified atom stereocenters. The van der Waals surface area contributed by atoms with Crippen LogP contribution in [0, 0.1) is 11.3 Å². The van der Waals surface area contributed by atoms with Crippen molar-refractivity contribution in [3.05, 3.63) is 65.2 Å². The third kappa shape index (κ3) is 5.38. The molecule has 2 aromatic carbocycles. The average molecular weight is 350 g/mol. The zero-order chi connectivity index (χ0) is 18.9. The van der Waals surface area contributed by atoms with Gasteiger partial charge in [-0.05, 0) is 43.2 Å². The van der Waals surface area contributed by atoms with Crippen LogP contribution in [0.1, 0.15) is 25.0 Å². The number of hydrogen-bond acceptors (Lipinski definition) is 4. The molecule has 0 heterocycles. The predicted octanol–water partition coefficient (Wildman–Crippen LogP) is 3.71. The lowest BCUT2D eigenvalue weighted by Crippen LogP contribution is -2.30. The molecule has 1 amide bonds. The molecule has 0 radical (unpaired) electrons. The fourth-order valence-electron chi connectivity index (χ4n) is 2.29. The van der Waals surface area contributed by atoms with Gasteiger partial charge in [-0.25, -0.2) is 0 Å². The number of methoxy groups -OCH3 is 1. The lowest BCUT2D eigenvalue weighted by atomic mass is 10.1. The van der Waals surface area contributed by atoms with Crippen LogP contribution in [0.25, 0.3) is 6.08 Å². The Morgan fingerprint density at radius 3 is 2.54 bits per heavy atom. The van der Waals surface area contributed by atoms with Crippen LogP contribution in [0.5, 0.6) is 11.5 Å². The zero-order valence-corrected chi connectivity index (χ0v) is 15.2. The third-order valence-electron chi connectivity index (χ3n) is 3.52. The van der Waals surface area contributed by atoms with Crippen molar-refractivity contribution in [3.8, 4) is 17.6 Å². The van der Waals surface area contributed by atoms with Crippen molar-refractivity contribution in [2.45, 2.75) is 26.5 Å². The van der Waals surface area contributed by atoms with E-state index >= 15 is 0 Å². The topological polar surface area (TPSA) is 71.3 Å². The van der Waals surface area contributed by atoms with Crippen LogP contribution in [-0.2, 0) is 11.4 Å². The quantitative estimate of drug-likeness (QED) is 0.610. The zero-order valence-electron chi connectivity index (χ0n) is 15.2. The Balaban J connectivity index is 2.23. The van der Waals surface area contributed by atoms with Gasteiger partial charge < -0.3 is 14.8 Å². The SMILES string of the molecule is COc1ccc(/C=C(\C#N)C(=O)NC(C)C)cc1OCc1ccccc1. The second-order valence-corrected chi connectivity index (χ2v) is 5.98. The number of ether oxygens (including phenoxy) is 2. The number of nitrogens with one attached hydrogen (secondary N) is 1. The van der Waals surface area contributed by atoms with Crippen LogP contribution in [0.3, 0.4) is 0 Å². The van der Waals surface area contributed by atoms with Crippen molar-refractivity contribution < 1.29 is 14.3 Å². The molecule has 0 aliphatic heterocycles. The van der Waals surface area contributed by atoms with E-state index < -0.39 is 5.91 Å². The fraction of sp³-hybridized carbons (Fsp3) is 0.238. The Morgan fingerprint density at radius 1 is 1.19 bits per heavy atom. The summed E-state index contributed by atoms with van der Waals surface area (Å²) in [6, 6.07) is 17.0. The first-order valence-corrected chi connectivity index (χ1v) is 8.31. The molecule has 0 aromatic heterocycles. The minimum atomic E-state index is -0.398. The molecule has 0 atom stereocenters. The summed E-state index contributed by atoms with van der Waals surface area (Å²) < 4.78 is 11.2. The van der Waals surface area contributed by atoms with Gasteiger partial charge in [-0.2, -0.15) is 5.26 Å². The van der Waals surface area contributed by atoms with Gasteiger partial charge in [0, 0.05) is 6.04 Å². The highest BCUT2D eigenvalue weighted by Gasteiger charge is 2.11. The van der Waals surface area contributed by atoms with Gasteiger partial charge in [0.1, 0.15) is 18.2 Å². The Kier molecular flexibility index (Phi) is 6.81. The van der Waals surface area contributed by atoms with Crippen molar-refractivity contribution in [2.75, 3.05) is 7.11 Å². The third-order valence-corrected chi connectivity index (χ3v) is 3.52. The largest absolute Gasteiger partial charge is 0.493 e. The molecule has 0 spiro atoms. The Bertz CT molecular complexity index is 821. The van der Waals surface area contributed by atoms with Crippen LogP contribution in [0.15, 0.2) is 54.1 Å². The van der Waals surface area contributed by atoms with Crippen LogP contribution >= 0.6 is 0 Å². The molecule has 0 saturated carbocycles. The van der Waals surface area contributed by atoms with E-state index in [1.807, 2.05) is 50.2 Å². The monoisotopic (exact) mass is 350 g/mol. The lowest BCUT2D eigenvalue weighted by Gasteiger charge is -2.12. The molecule has 0 aliphatic carbocycles. The second-order valence-electron chi connectivity index (χ2n) is 5.98. The summed E-state index contributed by atoms with van der Waals surface area (Å²) in [7, 11) is 1.57. The normalized spacial score (nSPS) is 11.0. The molecule has 2 rings (SSSR count). The van der Waals surface area contributed by atoms with Gasteiger partial charge in [-0.15, -0.1) is 0 Å². The number of nitrogens with zero attached hydrogens (tertiary/aromatic N) is 1. The van der Waals surface area contributed by atoms with Crippen molar-refractivity contribution in [1.82, 2.24) is 5.32 Å². The number of carbonyl (C=O) groups is 1. The molecule has 134 valence electrons. The van der Waals surface area contributed by atoms with Gasteiger partial charge >= 0.3 is 0 Å². The number of benzene rings is 2. The van der Waals surface area contributed by atoms with Gasteiger partial charge in [0.25, 0.3) is 5.91 Å². The molecule has 5 heteroatoms. The summed E-state index contributed by atoms with van der Waals surface area (Å²) in [4.78, 5) is 12.0. The fourth-order valence-corrected chi connectivity index (χ4v) is 2.29. The van der Waals surface area contributed by atoms with Crippen molar-refractivity contribution >= 4 is 12.0 Å². The maximum Gasteiger partial charge on any atom is 0.262 e. The van der Waals surface area contributed by atoms with E-state index in [1.54, 1.807) is 25.3 Å². The number of hydrogen-bond donors (Lipinski definition) is 1. The molecule has 0 bridgehead atoms. The van der Waals surface area contributed by atoms with E-state index in [0.717, 1.165) is 5.56 Å². The van der Waals surface area contributed by atoms with Gasteiger partial charge in [0.2, 0.25) is 0 Å². The Morgan fingerprint density at radius 2 is 1.92 bits per heavy atom. The summed E-state index contributed by atoms with van der Waals surface area (Å²) >= 11 is 0. The average Bonchev–Trinajstić information content (AvgIpc) is 2.64. The first kappa shape index (κ1) is 19.1. The first-order chi connectivity index (χ1) is 12.5. The molecule has 0 fully saturated rings. The van der Waals surface area contributed by atoms with Gasteiger partial charge in [0.15, 0.2) is 11.5 Å². The van der Waals surface area contributed by atoms with E-state index in [1.165, 1.54) is 6.08 Å². The first-order valence-electron chi connectivity index (χ1n) is 8.31. The molecular weight excluding hydrogens is 328 g/mol.